The summed E-state index contributed by atoms with van der Waals surface area (Å²) in [5.41, 5.74) is 4.33. The van der Waals surface area contributed by atoms with Crippen molar-refractivity contribution < 1.29 is 9.72 Å². The van der Waals surface area contributed by atoms with Gasteiger partial charge in [0.2, 0.25) is 0 Å². The third kappa shape index (κ3) is 3.59. The highest BCUT2D eigenvalue weighted by Crippen LogP contribution is 2.29. The quantitative estimate of drug-likeness (QED) is 0.235. The second-order valence-corrected chi connectivity index (χ2v) is 7.31. The number of nitro benzene ring substituents is 1. The SMILES string of the molecule is C#CCn1cc(/C=N\NC(=O)c2cc3cc([N+](=O)[O-])ccc3s2)c2ccccc21. The van der Waals surface area contributed by atoms with Gasteiger partial charge in [-0.1, -0.05) is 24.1 Å². The second kappa shape index (κ2) is 7.58. The van der Waals surface area contributed by atoms with E-state index in [9.17, 15) is 14.9 Å². The number of para-hydroxylation sites is 1. The smallest absolute Gasteiger partial charge is 0.281 e. The van der Waals surface area contributed by atoms with Gasteiger partial charge >= 0.3 is 0 Å². The van der Waals surface area contributed by atoms with Crippen molar-refractivity contribution in [3.8, 4) is 12.3 Å². The molecule has 2 heterocycles. The minimum atomic E-state index is -0.461. The lowest BCUT2D eigenvalue weighted by Gasteiger charge is -1.97. The first-order valence-electron chi connectivity index (χ1n) is 8.59. The molecule has 0 aliphatic rings. The summed E-state index contributed by atoms with van der Waals surface area (Å²) in [6.45, 7) is 0.439. The molecule has 0 unspecified atom stereocenters. The van der Waals surface area contributed by atoms with Crippen molar-refractivity contribution in [3.63, 3.8) is 0 Å². The minimum Gasteiger partial charge on any atom is -0.335 e. The van der Waals surface area contributed by atoms with E-state index in [0.717, 1.165) is 21.2 Å². The molecule has 0 spiro atoms. The van der Waals surface area contributed by atoms with Gasteiger partial charge in [-0.05, 0) is 18.2 Å². The molecule has 0 saturated heterocycles. The minimum absolute atomic E-state index is 0.0105. The Labute approximate surface area is 169 Å². The Balaban J connectivity index is 1.55. The summed E-state index contributed by atoms with van der Waals surface area (Å²) in [5, 5.41) is 16.6. The fraction of sp³-hybridized carbons (Fsp3) is 0.0476. The van der Waals surface area contributed by atoms with Gasteiger partial charge in [-0.3, -0.25) is 14.9 Å². The molecule has 0 radical (unpaired) electrons. The zero-order valence-corrected chi connectivity index (χ0v) is 15.8. The molecule has 1 N–H and O–H groups in total. The fourth-order valence-electron chi connectivity index (χ4n) is 3.08. The predicted octanol–water partition coefficient (Wildman–Crippen LogP) is 4.16. The van der Waals surface area contributed by atoms with E-state index < -0.39 is 4.92 Å². The third-order valence-electron chi connectivity index (χ3n) is 4.39. The van der Waals surface area contributed by atoms with Gasteiger partial charge < -0.3 is 4.57 Å². The van der Waals surface area contributed by atoms with Crippen LogP contribution in [0.4, 0.5) is 5.69 Å². The maximum absolute atomic E-state index is 12.4. The van der Waals surface area contributed by atoms with Crippen LogP contribution < -0.4 is 5.43 Å². The largest absolute Gasteiger partial charge is 0.335 e. The summed E-state index contributed by atoms with van der Waals surface area (Å²) < 4.78 is 2.74. The Morgan fingerprint density at radius 3 is 2.93 bits per heavy atom. The lowest BCUT2D eigenvalue weighted by Crippen LogP contribution is -2.16. The van der Waals surface area contributed by atoms with Gasteiger partial charge in [0.25, 0.3) is 11.6 Å². The number of hydrazone groups is 1. The summed E-state index contributed by atoms with van der Waals surface area (Å²) >= 11 is 1.25. The number of terminal acetylenes is 1. The summed E-state index contributed by atoms with van der Waals surface area (Å²) in [5.74, 6) is 2.24. The van der Waals surface area contributed by atoms with Crippen LogP contribution in [0.1, 0.15) is 15.2 Å². The van der Waals surface area contributed by atoms with Crippen molar-refractivity contribution in [2.45, 2.75) is 6.54 Å². The number of aromatic nitrogens is 1. The Bertz CT molecular complexity index is 1330. The van der Waals surface area contributed by atoms with Gasteiger partial charge in [0, 0.05) is 44.9 Å². The number of hydrogen-bond acceptors (Lipinski definition) is 5. The normalized spacial score (nSPS) is 11.1. The van der Waals surface area contributed by atoms with Crippen LogP contribution in [0.25, 0.3) is 21.0 Å². The molecular weight excluding hydrogens is 388 g/mol. The molecule has 4 aromatic rings. The molecule has 0 aliphatic carbocycles. The highest BCUT2D eigenvalue weighted by Gasteiger charge is 2.13. The van der Waals surface area contributed by atoms with E-state index in [0.29, 0.717) is 16.8 Å². The number of fused-ring (bicyclic) bond motifs is 2. The zero-order chi connectivity index (χ0) is 20.4. The molecule has 2 aromatic heterocycles. The van der Waals surface area contributed by atoms with Gasteiger partial charge in [0.15, 0.2) is 0 Å². The number of nitrogens with one attached hydrogen (secondary N) is 1. The van der Waals surface area contributed by atoms with E-state index in [1.165, 1.54) is 23.5 Å². The highest BCUT2D eigenvalue weighted by atomic mass is 32.1. The lowest BCUT2D eigenvalue weighted by atomic mass is 10.2. The number of nitro groups is 1. The number of carbonyl (C=O) groups is 1. The van der Waals surface area contributed by atoms with Crippen molar-refractivity contribution in [2.75, 3.05) is 0 Å². The van der Waals surface area contributed by atoms with Gasteiger partial charge in [0.1, 0.15) is 0 Å². The second-order valence-electron chi connectivity index (χ2n) is 6.22. The van der Waals surface area contributed by atoms with Crippen LogP contribution in [0.15, 0.2) is 59.8 Å². The molecule has 0 atom stereocenters. The van der Waals surface area contributed by atoms with Gasteiger partial charge in [-0.25, -0.2) is 5.43 Å². The van der Waals surface area contributed by atoms with Crippen molar-refractivity contribution in [1.29, 1.82) is 0 Å². The molecule has 1 amide bonds. The van der Waals surface area contributed by atoms with Crippen molar-refractivity contribution >= 4 is 50.1 Å². The molecule has 29 heavy (non-hydrogen) atoms. The fourth-order valence-corrected chi connectivity index (χ4v) is 4.01. The lowest BCUT2D eigenvalue weighted by molar-refractivity contribution is -0.384. The van der Waals surface area contributed by atoms with Gasteiger partial charge in [-0.15, -0.1) is 17.8 Å². The first kappa shape index (κ1) is 18.4. The van der Waals surface area contributed by atoms with Crippen molar-refractivity contribution in [2.24, 2.45) is 5.10 Å². The summed E-state index contributed by atoms with van der Waals surface area (Å²) in [4.78, 5) is 23.3. The number of amides is 1. The Morgan fingerprint density at radius 1 is 1.31 bits per heavy atom. The molecule has 2 aromatic carbocycles. The average Bonchev–Trinajstić information content (AvgIpc) is 3.30. The topological polar surface area (TPSA) is 89.5 Å². The summed E-state index contributed by atoms with van der Waals surface area (Å²) in [6.07, 6.45) is 8.89. The summed E-state index contributed by atoms with van der Waals surface area (Å²) in [6, 6.07) is 13.9. The first-order chi connectivity index (χ1) is 14.1. The highest BCUT2D eigenvalue weighted by molar-refractivity contribution is 7.20. The summed E-state index contributed by atoms with van der Waals surface area (Å²) in [7, 11) is 0. The van der Waals surface area contributed by atoms with Crippen LogP contribution in [-0.4, -0.2) is 21.6 Å². The maximum Gasteiger partial charge on any atom is 0.281 e. The Hall–Kier alpha value is -3.96. The van der Waals surface area contributed by atoms with E-state index in [1.54, 1.807) is 18.3 Å². The van der Waals surface area contributed by atoms with Gasteiger partial charge in [-0.2, -0.15) is 5.10 Å². The van der Waals surface area contributed by atoms with E-state index >= 15 is 0 Å². The van der Waals surface area contributed by atoms with Gasteiger partial charge in [0.05, 0.1) is 22.6 Å². The van der Waals surface area contributed by atoms with Crippen LogP contribution in [0.3, 0.4) is 0 Å². The Kier molecular flexibility index (Phi) is 4.81. The van der Waals surface area contributed by atoms with E-state index in [1.807, 2.05) is 35.0 Å². The Morgan fingerprint density at radius 2 is 2.14 bits per heavy atom. The van der Waals surface area contributed by atoms with Crippen LogP contribution >= 0.6 is 11.3 Å². The van der Waals surface area contributed by atoms with Crippen molar-refractivity contribution in [1.82, 2.24) is 9.99 Å². The molecule has 0 fully saturated rings. The predicted molar refractivity (Wildman–Crippen MR) is 114 cm³/mol. The van der Waals surface area contributed by atoms with E-state index in [4.69, 9.17) is 6.42 Å². The number of hydrogen-bond donors (Lipinski definition) is 1. The molecule has 0 bridgehead atoms. The molecule has 4 rings (SSSR count). The third-order valence-corrected chi connectivity index (χ3v) is 5.50. The van der Waals surface area contributed by atoms with Crippen molar-refractivity contribution in [3.05, 3.63) is 75.3 Å². The molecule has 0 aliphatic heterocycles. The molecule has 8 heteroatoms. The molecule has 0 saturated carbocycles. The zero-order valence-electron chi connectivity index (χ0n) is 15.0. The van der Waals surface area contributed by atoms with Crippen LogP contribution in [-0.2, 0) is 6.54 Å². The average molecular weight is 402 g/mol. The van der Waals surface area contributed by atoms with Crippen LogP contribution in [0, 0.1) is 22.5 Å². The van der Waals surface area contributed by atoms with E-state index in [2.05, 4.69) is 16.4 Å². The first-order valence-corrected chi connectivity index (χ1v) is 9.41. The monoisotopic (exact) mass is 402 g/mol. The number of thiophene rings is 1. The number of benzene rings is 2. The standard InChI is InChI=1S/C21H14N4O3S/c1-2-9-24-13-15(17-5-3-4-6-18(17)24)12-22-23-21(26)20-11-14-10-16(25(27)28)7-8-19(14)29-20/h1,3-8,10-13H,9H2,(H,23,26)/b22-12-. The number of non-ortho nitro benzene ring substituents is 1. The number of carbonyl (C=O) groups excluding carboxylic acids is 1. The molecule has 7 nitrogen and oxygen atoms in total. The molecule has 142 valence electrons. The maximum atomic E-state index is 12.4. The number of rotatable bonds is 5. The van der Waals surface area contributed by atoms with Crippen LogP contribution in [0.2, 0.25) is 0 Å². The van der Waals surface area contributed by atoms with E-state index in [-0.39, 0.29) is 11.6 Å². The van der Waals surface area contributed by atoms with Crippen LogP contribution in [0.5, 0.6) is 0 Å². The number of nitrogens with zero attached hydrogens (tertiary/aromatic N) is 3. The molecular formula is C21H14N4O3S.